The number of hydrogen-bond donors (Lipinski definition) is 0. The van der Waals surface area contributed by atoms with Crippen molar-refractivity contribution in [1.29, 1.82) is 0 Å². The van der Waals surface area contributed by atoms with Gasteiger partial charge in [0.25, 0.3) is 0 Å². The monoisotopic (exact) mass is 376 g/mol. The summed E-state index contributed by atoms with van der Waals surface area (Å²) in [5.74, 6) is 1.42. The van der Waals surface area contributed by atoms with Gasteiger partial charge >= 0.3 is 0 Å². The Morgan fingerprint density at radius 3 is 2.59 bits per heavy atom. The maximum absolute atomic E-state index is 12.4. The molecule has 1 amide bonds. The van der Waals surface area contributed by atoms with Gasteiger partial charge in [-0.05, 0) is 64.6 Å². The van der Waals surface area contributed by atoms with E-state index in [-0.39, 0.29) is 12.0 Å². The first kappa shape index (κ1) is 20.3. The van der Waals surface area contributed by atoms with Gasteiger partial charge < -0.3 is 14.5 Å². The van der Waals surface area contributed by atoms with E-state index in [0.717, 1.165) is 32.5 Å². The van der Waals surface area contributed by atoms with E-state index in [9.17, 15) is 4.79 Å². The first-order valence-electron chi connectivity index (χ1n) is 10.5. The fourth-order valence-electron chi connectivity index (χ4n) is 4.49. The minimum Gasteiger partial charge on any atom is -0.378 e. The van der Waals surface area contributed by atoms with Crippen LogP contribution in [0.25, 0.3) is 0 Å². The van der Waals surface area contributed by atoms with Crippen LogP contribution in [0.2, 0.25) is 0 Å². The van der Waals surface area contributed by atoms with Crippen molar-refractivity contribution in [2.45, 2.75) is 63.5 Å². The number of amides is 1. The van der Waals surface area contributed by atoms with Gasteiger partial charge in [-0.25, -0.2) is 0 Å². The van der Waals surface area contributed by atoms with Crippen LogP contribution in [0.4, 0.5) is 0 Å². The van der Waals surface area contributed by atoms with Crippen molar-refractivity contribution >= 4 is 5.91 Å². The lowest BCUT2D eigenvalue weighted by Crippen LogP contribution is -2.35. The highest BCUT2D eigenvalue weighted by atomic mass is 16.5. The van der Waals surface area contributed by atoms with Gasteiger partial charge in [0.2, 0.25) is 5.91 Å². The summed E-state index contributed by atoms with van der Waals surface area (Å²) < 4.78 is 7.63. The summed E-state index contributed by atoms with van der Waals surface area (Å²) in [4.78, 5) is 16.5. The van der Waals surface area contributed by atoms with E-state index in [4.69, 9.17) is 9.84 Å². The zero-order chi connectivity index (χ0) is 19.4. The molecule has 1 atom stereocenters. The Balaban J connectivity index is 1.45. The fraction of sp³-hybridized carbons (Fsp3) is 0.810. The Labute approximate surface area is 163 Å². The number of ether oxygens (including phenoxy) is 1. The summed E-state index contributed by atoms with van der Waals surface area (Å²) in [7, 11) is 8.18. The second kappa shape index (κ2) is 9.20. The molecule has 6 nitrogen and oxygen atoms in total. The molecule has 1 saturated heterocycles. The van der Waals surface area contributed by atoms with Gasteiger partial charge in [0.15, 0.2) is 0 Å². The second-order valence-electron chi connectivity index (χ2n) is 8.75. The van der Waals surface area contributed by atoms with Crippen molar-refractivity contribution in [1.82, 2.24) is 19.6 Å². The summed E-state index contributed by atoms with van der Waals surface area (Å²) in [5, 5.41) is 4.77. The number of aromatic nitrogens is 2. The van der Waals surface area contributed by atoms with Gasteiger partial charge in [-0.15, -0.1) is 0 Å². The number of nitrogens with zero attached hydrogens (tertiary/aromatic N) is 4. The van der Waals surface area contributed by atoms with Crippen molar-refractivity contribution in [3.8, 4) is 0 Å². The van der Waals surface area contributed by atoms with Crippen molar-refractivity contribution < 1.29 is 9.53 Å². The van der Waals surface area contributed by atoms with Crippen LogP contribution in [0.5, 0.6) is 0 Å². The van der Waals surface area contributed by atoms with E-state index in [0.29, 0.717) is 18.3 Å². The number of carbonyl (C=O) groups is 1. The Bertz CT molecular complexity index is 614. The lowest BCUT2D eigenvalue weighted by Gasteiger charge is -2.31. The third-order valence-electron chi connectivity index (χ3n) is 6.12. The van der Waals surface area contributed by atoms with Gasteiger partial charge in [0.1, 0.15) is 0 Å². The Kier molecular flexibility index (Phi) is 6.93. The maximum atomic E-state index is 12.4. The Hall–Kier alpha value is -1.40. The molecule has 3 rings (SSSR count). The van der Waals surface area contributed by atoms with Gasteiger partial charge in [0, 0.05) is 39.7 Å². The zero-order valence-corrected chi connectivity index (χ0v) is 17.5. The third kappa shape index (κ3) is 5.55. The molecule has 2 fully saturated rings. The van der Waals surface area contributed by atoms with E-state index in [1.54, 1.807) is 0 Å². The third-order valence-corrected chi connectivity index (χ3v) is 6.12. The highest BCUT2D eigenvalue weighted by molar-refractivity contribution is 5.76. The summed E-state index contributed by atoms with van der Waals surface area (Å²) in [6, 6.07) is 2.28. The second-order valence-corrected chi connectivity index (χ2v) is 8.75. The highest BCUT2D eigenvalue weighted by Gasteiger charge is 2.27. The molecule has 0 spiro atoms. The molecule has 2 aliphatic rings. The van der Waals surface area contributed by atoms with E-state index >= 15 is 0 Å². The molecule has 1 aromatic heterocycles. The van der Waals surface area contributed by atoms with Crippen LogP contribution in [0.3, 0.4) is 0 Å². The average Bonchev–Trinajstić information content (AvgIpc) is 3.25. The number of carbonyl (C=O) groups excluding carboxylic acids is 1. The van der Waals surface area contributed by atoms with Crippen LogP contribution in [0.15, 0.2) is 6.07 Å². The molecule has 0 radical (unpaired) electrons. The molecule has 0 bridgehead atoms. The van der Waals surface area contributed by atoms with Crippen LogP contribution in [0.1, 0.15) is 62.3 Å². The molecule has 1 aliphatic carbocycles. The maximum Gasteiger partial charge on any atom is 0.224 e. The van der Waals surface area contributed by atoms with Crippen LogP contribution in [0, 0.1) is 5.92 Å². The van der Waals surface area contributed by atoms with E-state index in [2.05, 4.69) is 25.1 Å². The Morgan fingerprint density at radius 2 is 1.96 bits per heavy atom. The first-order chi connectivity index (χ1) is 12.9. The van der Waals surface area contributed by atoms with Crippen LogP contribution >= 0.6 is 0 Å². The molecule has 0 N–H and O–H groups in total. The molecule has 152 valence electrons. The van der Waals surface area contributed by atoms with Crippen LogP contribution < -0.4 is 0 Å². The van der Waals surface area contributed by atoms with Crippen molar-refractivity contribution in [3.05, 3.63) is 17.5 Å². The Morgan fingerprint density at radius 1 is 1.22 bits per heavy atom. The molecule has 0 unspecified atom stereocenters. The predicted octanol–water partition coefficient (Wildman–Crippen LogP) is 2.78. The van der Waals surface area contributed by atoms with E-state index < -0.39 is 0 Å². The summed E-state index contributed by atoms with van der Waals surface area (Å²) in [6.07, 6.45) is 7.54. The smallest absolute Gasteiger partial charge is 0.224 e. The van der Waals surface area contributed by atoms with Crippen molar-refractivity contribution in [2.24, 2.45) is 13.0 Å². The first-order valence-corrected chi connectivity index (χ1v) is 10.5. The SMILES string of the molecule is CN(C)Cc1cc(C2CCC(CN(C)C(=O)C[C@@H]3CCCO3)CC2)nn1C. The average molecular weight is 377 g/mol. The number of hydrogen-bond acceptors (Lipinski definition) is 4. The van der Waals surface area contributed by atoms with Crippen molar-refractivity contribution in [3.63, 3.8) is 0 Å². The standard InChI is InChI=1S/C21H36N4O2/c1-23(2)15-18-12-20(22-25(18)4)17-9-7-16(8-10-17)14-24(3)21(26)13-19-6-5-11-27-19/h12,16-17,19H,5-11,13-15H2,1-4H3/t16?,17?,19-/m0/s1. The topological polar surface area (TPSA) is 50.6 Å². The van der Waals surface area contributed by atoms with E-state index in [1.807, 2.05) is 23.7 Å². The molecular weight excluding hydrogens is 340 g/mol. The summed E-state index contributed by atoms with van der Waals surface area (Å²) in [5.41, 5.74) is 2.52. The molecule has 1 saturated carbocycles. The predicted molar refractivity (Wildman–Crippen MR) is 107 cm³/mol. The highest BCUT2D eigenvalue weighted by Crippen LogP contribution is 2.35. The van der Waals surface area contributed by atoms with Gasteiger partial charge in [0.05, 0.1) is 23.9 Å². The lowest BCUT2D eigenvalue weighted by molar-refractivity contribution is -0.132. The van der Waals surface area contributed by atoms with Gasteiger partial charge in [-0.3, -0.25) is 9.48 Å². The zero-order valence-electron chi connectivity index (χ0n) is 17.5. The molecule has 1 aliphatic heterocycles. The minimum atomic E-state index is 0.149. The van der Waals surface area contributed by atoms with E-state index in [1.165, 1.54) is 37.1 Å². The fourth-order valence-corrected chi connectivity index (χ4v) is 4.49. The molecule has 1 aromatic rings. The largest absolute Gasteiger partial charge is 0.378 e. The van der Waals surface area contributed by atoms with Crippen LogP contribution in [-0.2, 0) is 23.1 Å². The minimum absolute atomic E-state index is 0.149. The van der Waals surface area contributed by atoms with Crippen molar-refractivity contribution in [2.75, 3.05) is 34.3 Å². The molecule has 6 heteroatoms. The molecular formula is C21H36N4O2. The van der Waals surface area contributed by atoms with Gasteiger partial charge in [-0.1, -0.05) is 0 Å². The summed E-state index contributed by atoms with van der Waals surface area (Å²) >= 11 is 0. The lowest BCUT2D eigenvalue weighted by atomic mass is 9.80. The molecule has 27 heavy (non-hydrogen) atoms. The van der Waals surface area contributed by atoms with Crippen LogP contribution in [-0.4, -0.2) is 65.9 Å². The van der Waals surface area contributed by atoms with Gasteiger partial charge in [-0.2, -0.15) is 5.10 Å². The molecule has 0 aromatic carbocycles. The number of aryl methyl sites for hydroxylation is 1. The quantitative estimate of drug-likeness (QED) is 0.734. The summed E-state index contributed by atoms with van der Waals surface area (Å²) in [6.45, 7) is 2.62. The normalized spacial score (nSPS) is 25.9. The molecule has 2 heterocycles. The number of rotatable bonds is 7.